The van der Waals surface area contributed by atoms with Crippen LogP contribution in [0.25, 0.3) is 0 Å². The molecule has 44 heavy (non-hydrogen) atoms. The van der Waals surface area contributed by atoms with E-state index in [4.69, 9.17) is 14.2 Å². The lowest BCUT2D eigenvalue weighted by molar-refractivity contribution is -0.225. The number of aryl methyl sites for hydroxylation is 1. The first-order valence-electron chi connectivity index (χ1n) is 16.5. The van der Waals surface area contributed by atoms with E-state index in [9.17, 15) is 22.8 Å². The summed E-state index contributed by atoms with van der Waals surface area (Å²) >= 11 is 0. The molecule has 0 radical (unpaired) electrons. The van der Waals surface area contributed by atoms with Crippen LogP contribution in [-0.2, 0) is 22.4 Å². The van der Waals surface area contributed by atoms with E-state index in [1.165, 1.54) is 38.5 Å². The first-order chi connectivity index (χ1) is 21.2. The maximum absolute atomic E-state index is 13.5. The number of halogens is 3. The van der Waals surface area contributed by atoms with Gasteiger partial charge in [-0.3, -0.25) is 4.79 Å². The van der Waals surface area contributed by atoms with Gasteiger partial charge in [-0.15, -0.1) is 0 Å². The van der Waals surface area contributed by atoms with Crippen LogP contribution in [0, 0.1) is 5.92 Å². The molecule has 0 aliphatic heterocycles. The molecular weight excluding hydrogens is 569 g/mol. The van der Waals surface area contributed by atoms with Crippen molar-refractivity contribution in [3.8, 4) is 11.5 Å². The number of rotatable bonds is 19. The molecule has 0 N–H and O–H groups in total. The summed E-state index contributed by atoms with van der Waals surface area (Å²) in [6.07, 6.45) is 7.03. The van der Waals surface area contributed by atoms with E-state index in [-0.39, 0.29) is 6.42 Å². The standard InChI is InChI=1S/C36H49F3O5/c1-3-5-7-9-10-11-12-14-24-42-31-21-18-27(19-22-31)34(40)43-32-23-20-28-25-30(17-16-29(28)26-32)35(41)44-33(36(37,38)39)15-13-8-6-4-2/h18-23,26,30,33H,3-17,24-25H2,1-2H3/t30?,33-/m1/s1. The van der Waals surface area contributed by atoms with Crippen molar-refractivity contribution in [1.82, 2.24) is 0 Å². The van der Waals surface area contributed by atoms with Gasteiger partial charge in [0.25, 0.3) is 0 Å². The van der Waals surface area contributed by atoms with Crippen molar-refractivity contribution in [3.63, 3.8) is 0 Å². The number of fused-ring (bicyclic) bond motifs is 1. The molecule has 0 heterocycles. The van der Waals surface area contributed by atoms with Crippen LogP contribution in [0.2, 0.25) is 0 Å². The Bertz CT molecular complexity index is 1150. The average molecular weight is 619 g/mol. The Labute approximate surface area is 260 Å². The Hall–Kier alpha value is -3.03. The van der Waals surface area contributed by atoms with Crippen molar-refractivity contribution < 1.29 is 37.0 Å². The highest BCUT2D eigenvalue weighted by molar-refractivity contribution is 5.91. The first-order valence-corrected chi connectivity index (χ1v) is 16.5. The van der Waals surface area contributed by atoms with Crippen molar-refractivity contribution in [1.29, 1.82) is 0 Å². The van der Waals surface area contributed by atoms with Crippen LogP contribution < -0.4 is 9.47 Å². The number of hydrogen-bond donors (Lipinski definition) is 0. The SMILES string of the molecule is CCCCCCCCCCOc1ccc(C(=O)Oc2ccc3c(c2)CCC(C(=O)O[C@H](CCCCCC)C(F)(F)F)C3)cc1. The Kier molecular flexibility index (Phi) is 15.1. The molecule has 2 atom stereocenters. The maximum atomic E-state index is 13.5. The molecule has 244 valence electrons. The molecule has 1 aliphatic carbocycles. The van der Waals surface area contributed by atoms with Crippen molar-refractivity contribution in [2.75, 3.05) is 6.61 Å². The Morgan fingerprint density at radius 3 is 2.07 bits per heavy atom. The Morgan fingerprint density at radius 2 is 1.41 bits per heavy atom. The molecule has 0 aromatic heterocycles. The molecule has 0 saturated carbocycles. The highest BCUT2D eigenvalue weighted by atomic mass is 19.4. The number of carbonyl (C=O) groups is 2. The van der Waals surface area contributed by atoms with Crippen LogP contribution in [-0.4, -0.2) is 30.8 Å². The minimum atomic E-state index is -4.58. The number of alkyl halides is 3. The van der Waals surface area contributed by atoms with Crippen LogP contribution in [0.1, 0.15) is 125 Å². The summed E-state index contributed by atoms with van der Waals surface area (Å²) in [5, 5.41) is 0. The lowest BCUT2D eigenvalue weighted by atomic mass is 9.84. The molecule has 5 nitrogen and oxygen atoms in total. The van der Waals surface area contributed by atoms with Gasteiger partial charge in [0.15, 0.2) is 6.10 Å². The minimum absolute atomic E-state index is 0.206. The lowest BCUT2D eigenvalue weighted by Crippen LogP contribution is -2.37. The molecule has 2 aromatic rings. The third-order valence-electron chi connectivity index (χ3n) is 8.25. The number of esters is 2. The van der Waals surface area contributed by atoms with E-state index in [0.717, 1.165) is 36.8 Å². The summed E-state index contributed by atoms with van der Waals surface area (Å²) in [6, 6.07) is 12.1. The number of carbonyl (C=O) groups excluding carboxylic acids is 2. The molecule has 0 bridgehead atoms. The molecule has 3 rings (SSSR count). The molecule has 2 aromatic carbocycles. The maximum Gasteiger partial charge on any atom is 0.425 e. The van der Waals surface area contributed by atoms with Crippen molar-refractivity contribution >= 4 is 11.9 Å². The van der Waals surface area contributed by atoms with Gasteiger partial charge < -0.3 is 14.2 Å². The smallest absolute Gasteiger partial charge is 0.425 e. The van der Waals surface area contributed by atoms with Gasteiger partial charge in [0.1, 0.15) is 11.5 Å². The Balaban J connectivity index is 1.44. The summed E-state index contributed by atoms with van der Waals surface area (Å²) in [5.74, 6) is -0.825. The predicted octanol–water partition coefficient (Wildman–Crippen LogP) is 9.97. The van der Waals surface area contributed by atoms with E-state index < -0.39 is 30.1 Å². The second kappa shape index (κ2) is 18.7. The van der Waals surface area contributed by atoms with Gasteiger partial charge in [0.2, 0.25) is 0 Å². The van der Waals surface area contributed by atoms with Crippen LogP contribution >= 0.6 is 0 Å². The van der Waals surface area contributed by atoms with Crippen molar-refractivity contribution in [2.24, 2.45) is 5.92 Å². The summed E-state index contributed by atoms with van der Waals surface area (Å²) in [4.78, 5) is 25.4. The zero-order chi connectivity index (χ0) is 31.8. The summed E-state index contributed by atoms with van der Waals surface area (Å²) < 4.78 is 56.9. The highest BCUT2D eigenvalue weighted by Gasteiger charge is 2.43. The van der Waals surface area contributed by atoms with Gasteiger partial charge in [-0.25, -0.2) is 4.79 Å². The lowest BCUT2D eigenvalue weighted by Gasteiger charge is -2.27. The molecular formula is C36H49F3O5. The van der Waals surface area contributed by atoms with Gasteiger partial charge >= 0.3 is 18.1 Å². The van der Waals surface area contributed by atoms with Crippen LogP contribution in [0.4, 0.5) is 13.2 Å². The molecule has 0 fully saturated rings. The molecule has 0 saturated heterocycles. The van der Waals surface area contributed by atoms with Crippen molar-refractivity contribution in [3.05, 3.63) is 59.2 Å². The van der Waals surface area contributed by atoms with E-state index >= 15 is 0 Å². The zero-order valence-corrected chi connectivity index (χ0v) is 26.4. The van der Waals surface area contributed by atoms with E-state index in [0.29, 0.717) is 55.8 Å². The third kappa shape index (κ3) is 12.2. The monoisotopic (exact) mass is 618 g/mol. The predicted molar refractivity (Wildman–Crippen MR) is 166 cm³/mol. The number of benzene rings is 2. The van der Waals surface area contributed by atoms with Crippen LogP contribution in [0.3, 0.4) is 0 Å². The Morgan fingerprint density at radius 1 is 0.795 bits per heavy atom. The molecule has 8 heteroatoms. The number of ether oxygens (including phenoxy) is 3. The number of hydrogen-bond acceptors (Lipinski definition) is 5. The summed E-state index contributed by atoms with van der Waals surface area (Å²) in [5.41, 5.74) is 2.16. The van der Waals surface area contributed by atoms with Crippen LogP contribution in [0.15, 0.2) is 42.5 Å². The van der Waals surface area contributed by atoms with E-state index in [1.54, 1.807) is 42.5 Å². The highest BCUT2D eigenvalue weighted by Crippen LogP contribution is 2.33. The second-order valence-corrected chi connectivity index (χ2v) is 11.9. The fourth-order valence-corrected chi connectivity index (χ4v) is 5.56. The first kappa shape index (κ1) is 35.4. The summed E-state index contributed by atoms with van der Waals surface area (Å²) in [6.45, 7) is 4.86. The normalized spacial score (nSPS) is 15.3. The van der Waals surface area contributed by atoms with Gasteiger partial charge in [-0.2, -0.15) is 13.2 Å². The summed E-state index contributed by atoms with van der Waals surface area (Å²) in [7, 11) is 0. The average Bonchev–Trinajstić information content (AvgIpc) is 3.01. The topological polar surface area (TPSA) is 61.8 Å². The number of unbranched alkanes of at least 4 members (excludes halogenated alkanes) is 10. The van der Waals surface area contributed by atoms with Gasteiger partial charge in [-0.05, 0) is 86.1 Å². The second-order valence-electron chi connectivity index (χ2n) is 11.9. The largest absolute Gasteiger partial charge is 0.494 e. The fourth-order valence-electron chi connectivity index (χ4n) is 5.56. The zero-order valence-electron chi connectivity index (χ0n) is 26.4. The van der Waals surface area contributed by atoms with Gasteiger partial charge in [-0.1, -0.05) is 84.1 Å². The molecule has 0 spiro atoms. The van der Waals surface area contributed by atoms with Gasteiger partial charge in [0.05, 0.1) is 18.1 Å². The van der Waals surface area contributed by atoms with E-state index in [2.05, 4.69) is 6.92 Å². The minimum Gasteiger partial charge on any atom is -0.494 e. The van der Waals surface area contributed by atoms with Gasteiger partial charge in [0, 0.05) is 0 Å². The molecule has 1 aliphatic rings. The van der Waals surface area contributed by atoms with Crippen molar-refractivity contribution in [2.45, 2.75) is 129 Å². The fraction of sp³-hybridized carbons (Fsp3) is 0.611. The quantitative estimate of drug-likeness (QED) is 0.0891. The molecule has 1 unspecified atom stereocenters. The third-order valence-corrected chi connectivity index (χ3v) is 8.25. The molecule has 0 amide bonds. The van der Waals surface area contributed by atoms with E-state index in [1.807, 2.05) is 6.92 Å². The van der Waals surface area contributed by atoms with Crippen LogP contribution in [0.5, 0.6) is 11.5 Å².